The lowest BCUT2D eigenvalue weighted by Gasteiger charge is -2.14. The molecule has 26 heavy (non-hydrogen) atoms. The van der Waals surface area contributed by atoms with Crippen LogP contribution in [0.25, 0.3) is 0 Å². The molecule has 0 radical (unpaired) electrons. The van der Waals surface area contributed by atoms with Crippen molar-refractivity contribution in [3.05, 3.63) is 38.7 Å². The number of esters is 1. The van der Waals surface area contributed by atoms with E-state index in [2.05, 4.69) is 15.0 Å². The van der Waals surface area contributed by atoms with Gasteiger partial charge in [0.15, 0.2) is 11.6 Å². The first-order valence-electron chi connectivity index (χ1n) is 7.54. The molecule has 11 heteroatoms. The number of nitro groups is 1. The molecule has 8 nitrogen and oxygen atoms in total. The molecule has 0 saturated heterocycles. The van der Waals surface area contributed by atoms with Crippen molar-refractivity contribution in [3.63, 3.8) is 0 Å². The van der Waals surface area contributed by atoms with Gasteiger partial charge in [-0.25, -0.2) is 8.78 Å². The Hall–Kier alpha value is -2.85. The second kappa shape index (κ2) is 9.02. The van der Waals surface area contributed by atoms with Crippen molar-refractivity contribution in [2.45, 2.75) is 20.8 Å². The SMILES string of the molecule is CCN=NCC(C(=O)OCC)C(=O)c1c(F)c(C)c(F)c(F)c1[N+](=O)[O-]. The highest BCUT2D eigenvalue weighted by Gasteiger charge is 2.40. The number of nitrogens with zero attached hydrogens (tertiary/aromatic N) is 3. The van der Waals surface area contributed by atoms with Gasteiger partial charge in [0, 0.05) is 5.56 Å². The quantitative estimate of drug-likeness (QED) is 0.132. The van der Waals surface area contributed by atoms with Gasteiger partial charge in [-0.2, -0.15) is 14.6 Å². The Balaban J connectivity index is 3.58. The van der Waals surface area contributed by atoms with E-state index in [0.29, 0.717) is 0 Å². The minimum atomic E-state index is -1.99. The van der Waals surface area contributed by atoms with Crippen LogP contribution in [-0.2, 0) is 9.53 Å². The van der Waals surface area contributed by atoms with Crippen molar-refractivity contribution in [1.29, 1.82) is 0 Å². The molecule has 0 spiro atoms. The molecule has 1 unspecified atom stereocenters. The maximum Gasteiger partial charge on any atom is 0.321 e. The van der Waals surface area contributed by atoms with Crippen LogP contribution in [0.2, 0.25) is 0 Å². The molecule has 0 aliphatic rings. The van der Waals surface area contributed by atoms with E-state index in [0.717, 1.165) is 6.92 Å². The summed E-state index contributed by atoms with van der Waals surface area (Å²) in [6.45, 7) is 3.38. The number of halogens is 3. The molecular formula is C15H16F3N3O5. The van der Waals surface area contributed by atoms with Crippen LogP contribution in [0.4, 0.5) is 18.9 Å². The summed E-state index contributed by atoms with van der Waals surface area (Å²) in [6.07, 6.45) is 0. The third kappa shape index (κ3) is 4.21. The number of carbonyl (C=O) groups is 2. The standard InChI is InChI=1S/C15H16F3N3O5/c1-4-19-20-6-8(15(23)26-5-2)14(22)9-10(16)7(3)11(17)12(18)13(9)21(24)25/h8H,4-6H2,1-3H3. The predicted octanol–water partition coefficient (Wildman–Crippen LogP) is 3.15. The minimum absolute atomic E-state index is 0.130. The molecule has 0 fully saturated rings. The van der Waals surface area contributed by atoms with Gasteiger partial charge in [-0.3, -0.25) is 19.7 Å². The molecular weight excluding hydrogens is 359 g/mol. The zero-order valence-corrected chi connectivity index (χ0v) is 14.2. The Labute approximate surface area is 146 Å². The second-order valence-electron chi connectivity index (χ2n) is 5.00. The van der Waals surface area contributed by atoms with Crippen LogP contribution in [0.5, 0.6) is 0 Å². The van der Waals surface area contributed by atoms with Gasteiger partial charge in [-0.05, 0) is 20.8 Å². The van der Waals surface area contributed by atoms with Crippen LogP contribution in [0.3, 0.4) is 0 Å². The van der Waals surface area contributed by atoms with Crippen LogP contribution >= 0.6 is 0 Å². The maximum atomic E-state index is 14.4. The maximum absolute atomic E-state index is 14.4. The van der Waals surface area contributed by atoms with Gasteiger partial charge in [0.05, 0.1) is 24.6 Å². The molecule has 1 aromatic rings. The first-order valence-corrected chi connectivity index (χ1v) is 7.54. The normalized spacial score (nSPS) is 12.2. The number of hydrogen-bond acceptors (Lipinski definition) is 7. The molecule has 0 N–H and O–H groups in total. The summed E-state index contributed by atoms with van der Waals surface area (Å²) in [7, 11) is 0. The van der Waals surface area contributed by atoms with E-state index in [-0.39, 0.29) is 13.2 Å². The lowest BCUT2D eigenvalue weighted by molar-refractivity contribution is -0.388. The van der Waals surface area contributed by atoms with Crippen LogP contribution in [0, 0.1) is 40.4 Å². The Morgan fingerprint density at radius 3 is 2.27 bits per heavy atom. The molecule has 0 amide bonds. The van der Waals surface area contributed by atoms with Crippen molar-refractivity contribution in [1.82, 2.24) is 0 Å². The average molecular weight is 375 g/mol. The fourth-order valence-electron chi connectivity index (χ4n) is 2.08. The van der Waals surface area contributed by atoms with Gasteiger partial charge in [-0.15, -0.1) is 0 Å². The molecule has 0 aliphatic carbocycles. The average Bonchev–Trinajstić information content (AvgIpc) is 2.59. The monoisotopic (exact) mass is 375 g/mol. The number of ketones is 1. The summed E-state index contributed by atoms with van der Waals surface area (Å²) < 4.78 is 46.6. The number of benzene rings is 1. The fourth-order valence-corrected chi connectivity index (χ4v) is 2.08. The van der Waals surface area contributed by atoms with Gasteiger partial charge in [-0.1, -0.05) is 0 Å². The summed E-state index contributed by atoms with van der Waals surface area (Å²) in [5.41, 5.74) is -3.94. The van der Waals surface area contributed by atoms with Crippen molar-refractivity contribution in [2.24, 2.45) is 16.1 Å². The lowest BCUT2D eigenvalue weighted by atomic mass is 9.94. The van der Waals surface area contributed by atoms with Gasteiger partial charge in [0.1, 0.15) is 17.3 Å². The second-order valence-corrected chi connectivity index (χ2v) is 5.00. The van der Waals surface area contributed by atoms with Crippen LogP contribution in [0.1, 0.15) is 29.8 Å². The molecule has 1 atom stereocenters. The zero-order chi connectivity index (χ0) is 20.0. The number of rotatable bonds is 8. The molecule has 0 bridgehead atoms. The predicted molar refractivity (Wildman–Crippen MR) is 82.4 cm³/mol. The van der Waals surface area contributed by atoms with Crippen molar-refractivity contribution >= 4 is 17.4 Å². The first-order chi connectivity index (χ1) is 12.2. The number of nitro benzene ring substituents is 1. The van der Waals surface area contributed by atoms with Crippen LogP contribution < -0.4 is 0 Å². The molecule has 142 valence electrons. The summed E-state index contributed by atoms with van der Waals surface area (Å²) in [6, 6.07) is 0. The van der Waals surface area contributed by atoms with E-state index in [1.165, 1.54) is 6.92 Å². The smallest absolute Gasteiger partial charge is 0.321 e. The highest BCUT2D eigenvalue weighted by molar-refractivity contribution is 6.11. The Morgan fingerprint density at radius 2 is 1.77 bits per heavy atom. The van der Waals surface area contributed by atoms with Gasteiger partial charge in [0.25, 0.3) is 0 Å². The van der Waals surface area contributed by atoms with E-state index >= 15 is 0 Å². The Bertz CT molecular complexity index is 768. The van der Waals surface area contributed by atoms with Crippen molar-refractivity contribution < 1.29 is 32.4 Å². The zero-order valence-electron chi connectivity index (χ0n) is 14.2. The molecule has 0 aromatic heterocycles. The lowest BCUT2D eigenvalue weighted by Crippen LogP contribution is -2.30. The Morgan fingerprint density at radius 1 is 1.15 bits per heavy atom. The molecule has 1 aromatic carbocycles. The third-order valence-corrected chi connectivity index (χ3v) is 3.34. The molecule has 1 rings (SSSR count). The largest absolute Gasteiger partial charge is 0.465 e. The molecule has 0 heterocycles. The Kier molecular flexibility index (Phi) is 7.35. The summed E-state index contributed by atoms with van der Waals surface area (Å²) in [5, 5.41) is 18.2. The van der Waals surface area contributed by atoms with Crippen LogP contribution in [0.15, 0.2) is 10.2 Å². The summed E-state index contributed by atoms with van der Waals surface area (Å²) >= 11 is 0. The summed E-state index contributed by atoms with van der Waals surface area (Å²) in [5.74, 6) is -9.77. The molecule has 0 aliphatic heterocycles. The van der Waals surface area contributed by atoms with E-state index in [9.17, 15) is 32.9 Å². The number of carbonyl (C=O) groups excluding carboxylic acids is 2. The third-order valence-electron chi connectivity index (χ3n) is 3.34. The topological polar surface area (TPSA) is 111 Å². The molecule has 0 saturated carbocycles. The highest BCUT2D eigenvalue weighted by Crippen LogP contribution is 2.32. The van der Waals surface area contributed by atoms with E-state index < -0.39 is 63.4 Å². The fraction of sp³-hybridized carbons (Fsp3) is 0.467. The highest BCUT2D eigenvalue weighted by atomic mass is 19.2. The van der Waals surface area contributed by atoms with E-state index in [1.807, 2.05) is 0 Å². The number of Topliss-reactive ketones (excluding diaryl/α,β-unsaturated/α-hetero) is 1. The van der Waals surface area contributed by atoms with Crippen LogP contribution in [-0.4, -0.2) is 36.4 Å². The number of ether oxygens (including phenoxy) is 1. The van der Waals surface area contributed by atoms with Crippen molar-refractivity contribution in [2.75, 3.05) is 19.7 Å². The minimum Gasteiger partial charge on any atom is -0.465 e. The van der Waals surface area contributed by atoms with Gasteiger partial charge >= 0.3 is 11.7 Å². The van der Waals surface area contributed by atoms with E-state index in [4.69, 9.17) is 0 Å². The number of azo groups is 1. The summed E-state index contributed by atoms with van der Waals surface area (Å²) in [4.78, 5) is 34.2. The number of hydrogen-bond donors (Lipinski definition) is 0. The first kappa shape index (κ1) is 21.2. The van der Waals surface area contributed by atoms with E-state index in [1.54, 1.807) is 6.92 Å². The van der Waals surface area contributed by atoms with Crippen molar-refractivity contribution in [3.8, 4) is 0 Å². The van der Waals surface area contributed by atoms with Gasteiger partial charge in [0.2, 0.25) is 5.82 Å². The van der Waals surface area contributed by atoms with Gasteiger partial charge < -0.3 is 4.74 Å².